The molecule has 0 aromatic heterocycles. The Morgan fingerprint density at radius 1 is 1.35 bits per heavy atom. The summed E-state index contributed by atoms with van der Waals surface area (Å²) in [7, 11) is 1.79. The van der Waals surface area contributed by atoms with Crippen molar-refractivity contribution in [3.05, 3.63) is 28.8 Å². The van der Waals surface area contributed by atoms with Crippen molar-refractivity contribution in [1.82, 2.24) is 4.90 Å². The summed E-state index contributed by atoms with van der Waals surface area (Å²) in [5.41, 5.74) is 2.10. The Bertz CT molecular complexity index is 570. The maximum atomic E-state index is 12.6. The molecule has 1 N–H and O–H groups in total. The molecule has 6 heteroatoms. The quantitative estimate of drug-likeness (QED) is 0.866. The minimum Gasteiger partial charge on any atom is -0.481 e. The number of benzene rings is 1. The van der Waals surface area contributed by atoms with Crippen molar-refractivity contribution in [3.63, 3.8) is 0 Å². The summed E-state index contributed by atoms with van der Waals surface area (Å²) >= 11 is 0. The average Bonchev–Trinajstić information content (AvgIpc) is 2.97. The number of ether oxygens (including phenoxy) is 2. The Labute approximate surface area is 136 Å². The maximum Gasteiger partial charge on any atom is 0.341 e. The number of aliphatic carboxylic acids is 1. The molecule has 1 amide bonds. The van der Waals surface area contributed by atoms with Gasteiger partial charge in [0, 0.05) is 31.7 Å². The SMILES string of the molecule is Cc1cc(C(=O)N(C)CC2CCOC2)cc(C)c1OCC(=O)O. The van der Waals surface area contributed by atoms with Gasteiger partial charge in [-0.05, 0) is 43.5 Å². The number of aryl methyl sites for hydroxylation is 2. The lowest BCUT2D eigenvalue weighted by atomic mass is 10.0. The molecule has 1 atom stereocenters. The van der Waals surface area contributed by atoms with Gasteiger partial charge in [-0.15, -0.1) is 0 Å². The van der Waals surface area contributed by atoms with Crippen molar-refractivity contribution >= 4 is 11.9 Å². The number of nitrogens with zero attached hydrogens (tertiary/aromatic N) is 1. The highest BCUT2D eigenvalue weighted by molar-refractivity contribution is 5.94. The Kier molecular flexibility index (Phi) is 5.60. The second kappa shape index (κ2) is 7.46. The average molecular weight is 321 g/mol. The highest BCUT2D eigenvalue weighted by atomic mass is 16.5. The van der Waals surface area contributed by atoms with Gasteiger partial charge in [-0.3, -0.25) is 4.79 Å². The van der Waals surface area contributed by atoms with Crippen LogP contribution in [0.2, 0.25) is 0 Å². The molecule has 0 spiro atoms. The van der Waals surface area contributed by atoms with Gasteiger partial charge >= 0.3 is 5.97 Å². The van der Waals surface area contributed by atoms with Crippen LogP contribution >= 0.6 is 0 Å². The van der Waals surface area contributed by atoms with Gasteiger partial charge in [0.1, 0.15) is 5.75 Å². The molecule has 1 saturated heterocycles. The van der Waals surface area contributed by atoms with Gasteiger partial charge in [0.15, 0.2) is 6.61 Å². The second-order valence-electron chi connectivity index (χ2n) is 6.04. The van der Waals surface area contributed by atoms with Gasteiger partial charge in [0.05, 0.1) is 6.61 Å². The highest BCUT2D eigenvalue weighted by Gasteiger charge is 2.21. The van der Waals surface area contributed by atoms with Crippen LogP contribution < -0.4 is 4.74 Å². The van der Waals surface area contributed by atoms with Crippen LogP contribution in [-0.2, 0) is 9.53 Å². The van der Waals surface area contributed by atoms with E-state index < -0.39 is 12.6 Å². The fourth-order valence-electron chi connectivity index (χ4n) is 2.85. The fraction of sp³-hybridized carbons (Fsp3) is 0.529. The molecular weight excluding hydrogens is 298 g/mol. The van der Waals surface area contributed by atoms with E-state index in [1.165, 1.54) is 0 Å². The van der Waals surface area contributed by atoms with Crippen LogP contribution in [0.25, 0.3) is 0 Å². The molecule has 0 saturated carbocycles. The van der Waals surface area contributed by atoms with E-state index in [0.717, 1.165) is 24.2 Å². The van der Waals surface area contributed by atoms with Crippen LogP contribution in [0, 0.1) is 19.8 Å². The molecule has 1 fully saturated rings. The molecule has 1 aliphatic heterocycles. The number of carboxylic acids is 1. The van der Waals surface area contributed by atoms with E-state index in [1.807, 2.05) is 13.8 Å². The van der Waals surface area contributed by atoms with Crippen molar-refractivity contribution < 1.29 is 24.2 Å². The summed E-state index contributed by atoms with van der Waals surface area (Å²) < 4.78 is 10.6. The molecule has 1 unspecified atom stereocenters. The first-order chi connectivity index (χ1) is 10.9. The minimum absolute atomic E-state index is 0.0483. The Hall–Kier alpha value is -2.08. The molecule has 1 aromatic carbocycles. The summed E-state index contributed by atoms with van der Waals surface area (Å²) in [6.45, 7) is 5.38. The standard InChI is InChI=1S/C17H23NO5/c1-11-6-14(7-12(2)16(11)23-10-15(19)20)17(21)18(3)8-13-4-5-22-9-13/h6-7,13H,4-5,8-10H2,1-3H3,(H,19,20). The number of carbonyl (C=O) groups is 2. The highest BCUT2D eigenvalue weighted by Crippen LogP contribution is 2.25. The lowest BCUT2D eigenvalue weighted by Gasteiger charge is -2.21. The van der Waals surface area contributed by atoms with Crippen LogP contribution in [0.4, 0.5) is 0 Å². The van der Waals surface area contributed by atoms with Gasteiger partial charge in [0.25, 0.3) is 5.91 Å². The van der Waals surface area contributed by atoms with E-state index in [0.29, 0.717) is 30.4 Å². The van der Waals surface area contributed by atoms with Crippen molar-refractivity contribution in [1.29, 1.82) is 0 Å². The zero-order valence-electron chi connectivity index (χ0n) is 13.8. The largest absolute Gasteiger partial charge is 0.481 e. The molecule has 126 valence electrons. The minimum atomic E-state index is -1.03. The van der Waals surface area contributed by atoms with Gasteiger partial charge in [-0.1, -0.05) is 0 Å². The normalized spacial score (nSPS) is 17.1. The smallest absolute Gasteiger partial charge is 0.341 e. The third-order valence-corrected chi connectivity index (χ3v) is 3.95. The lowest BCUT2D eigenvalue weighted by Crippen LogP contribution is -2.32. The van der Waals surface area contributed by atoms with E-state index in [9.17, 15) is 9.59 Å². The van der Waals surface area contributed by atoms with E-state index in [4.69, 9.17) is 14.6 Å². The lowest BCUT2D eigenvalue weighted by molar-refractivity contribution is -0.139. The molecule has 0 radical (unpaired) electrons. The van der Waals surface area contributed by atoms with Crippen molar-refractivity contribution in [2.45, 2.75) is 20.3 Å². The summed E-state index contributed by atoms with van der Waals surface area (Å²) in [6, 6.07) is 3.49. The predicted molar refractivity (Wildman–Crippen MR) is 84.9 cm³/mol. The molecule has 23 heavy (non-hydrogen) atoms. The molecule has 1 aromatic rings. The number of carbonyl (C=O) groups excluding carboxylic acids is 1. The van der Waals surface area contributed by atoms with Crippen molar-refractivity contribution in [3.8, 4) is 5.75 Å². The maximum absolute atomic E-state index is 12.6. The van der Waals surface area contributed by atoms with E-state index in [-0.39, 0.29) is 5.91 Å². The number of carboxylic acid groups (broad SMARTS) is 1. The zero-order chi connectivity index (χ0) is 17.0. The first-order valence-electron chi connectivity index (χ1n) is 7.67. The fourth-order valence-corrected chi connectivity index (χ4v) is 2.85. The Morgan fingerprint density at radius 2 is 2.00 bits per heavy atom. The molecule has 1 heterocycles. The molecule has 0 aliphatic carbocycles. The van der Waals surface area contributed by atoms with Crippen LogP contribution in [0.3, 0.4) is 0 Å². The summed E-state index contributed by atoms with van der Waals surface area (Å²) in [5, 5.41) is 8.71. The second-order valence-corrected chi connectivity index (χ2v) is 6.04. The number of hydrogen-bond donors (Lipinski definition) is 1. The first kappa shape index (κ1) is 17.3. The van der Waals surface area contributed by atoms with Crippen LogP contribution in [0.15, 0.2) is 12.1 Å². The molecule has 2 rings (SSSR count). The zero-order valence-corrected chi connectivity index (χ0v) is 13.8. The van der Waals surface area contributed by atoms with Crippen molar-refractivity contribution in [2.24, 2.45) is 5.92 Å². The summed E-state index contributed by atoms with van der Waals surface area (Å²) in [5.74, 6) is -0.157. The van der Waals surface area contributed by atoms with E-state index in [1.54, 1.807) is 24.1 Å². The monoisotopic (exact) mass is 321 g/mol. The first-order valence-corrected chi connectivity index (χ1v) is 7.67. The van der Waals surface area contributed by atoms with E-state index in [2.05, 4.69) is 0 Å². The van der Waals surface area contributed by atoms with Gasteiger partial charge in [-0.25, -0.2) is 4.79 Å². The number of hydrogen-bond acceptors (Lipinski definition) is 4. The molecular formula is C17H23NO5. The van der Waals surface area contributed by atoms with Crippen LogP contribution in [0.5, 0.6) is 5.75 Å². The Balaban J connectivity index is 2.09. The third-order valence-electron chi connectivity index (χ3n) is 3.95. The van der Waals surface area contributed by atoms with Gasteiger partial charge < -0.3 is 19.5 Å². The predicted octanol–water partition coefficient (Wildman–Crippen LogP) is 1.88. The van der Waals surface area contributed by atoms with E-state index >= 15 is 0 Å². The molecule has 0 bridgehead atoms. The van der Waals surface area contributed by atoms with Crippen LogP contribution in [-0.4, -0.2) is 55.3 Å². The molecule has 6 nitrogen and oxygen atoms in total. The third kappa shape index (κ3) is 4.45. The number of rotatable bonds is 6. The van der Waals surface area contributed by atoms with Gasteiger partial charge in [0.2, 0.25) is 0 Å². The summed E-state index contributed by atoms with van der Waals surface area (Å²) in [6.07, 6.45) is 0.984. The summed E-state index contributed by atoms with van der Waals surface area (Å²) in [4.78, 5) is 24.9. The Morgan fingerprint density at radius 3 is 2.52 bits per heavy atom. The van der Waals surface area contributed by atoms with Crippen molar-refractivity contribution in [2.75, 3.05) is 33.4 Å². The topological polar surface area (TPSA) is 76.1 Å². The number of amides is 1. The van der Waals surface area contributed by atoms with Gasteiger partial charge in [-0.2, -0.15) is 0 Å². The molecule has 1 aliphatic rings. The van der Waals surface area contributed by atoms with Crippen LogP contribution in [0.1, 0.15) is 27.9 Å².